The van der Waals surface area contributed by atoms with Crippen molar-refractivity contribution in [1.29, 1.82) is 0 Å². The minimum atomic E-state index is -0.319. The maximum Gasteiger partial charge on any atom is 0.334 e. The first-order valence-corrected chi connectivity index (χ1v) is 8.57. The Hall–Kier alpha value is -1.53. The second kappa shape index (κ2) is 8.19. The van der Waals surface area contributed by atoms with Crippen LogP contribution in [0.1, 0.15) is 24.8 Å². The van der Waals surface area contributed by atoms with Crippen molar-refractivity contribution in [3.8, 4) is 0 Å². The standard InChI is InChI=1S/C16H23N3O2S/c1-18(17)16(21)19-11-5-10-14(19)15(20)22-12-6-9-13-7-3-2-4-8-13/h2-4,7-8,14H,5-6,9-12,17H2,1H3. The zero-order valence-electron chi connectivity index (χ0n) is 12.9. The fraction of sp³-hybridized carbons (Fsp3) is 0.500. The van der Waals surface area contributed by atoms with E-state index in [-0.39, 0.29) is 17.2 Å². The highest BCUT2D eigenvalue weighted by atomic mass is 32.2. The number of thioether (sulfide) groups is 1. The van der Waals surface area contributed by atoms with Crippen LogP contribution in [0.15, 0.2) is 30.3 Å². The van der Waals surface area contributed by atoms with E-state index in [1.54, 1.807) is 4.90 Å². The van der Waals surface area contributed by atoms with E-state index in [2.05, 4.69) is 12.1 Å². The number of nitrogens with two attached hydrogens (primary N) is 1. The van der Waals surface area contributed by atoms with Crippen molar-refractivity contribution >= 4 is 22.9 Å². The Morgan fingerprint density at radius 1 is 1.36 bits per heavy atom. The number of aryl methyl sites for hydroxylation is 1. The largest absolute Gasteiger partial charge is 0.334 e. The fourth-order valence-electron chi connectivity index (χ4n) is 2.63. The summed E-state index contributed by atoms with van der Waals surface area (Å²) in [5.41, 5.74) is 1.29. The average molecular weight is 321 g/mol. The van der Waals surface area contributed by atoms with Gasteiger partial charge in [-0.15, -0.1) is 0 Å². The van der Waals surface area contributed by atoms with Crippen LogP contribution >= 0.6 is 11.8 Å². The van der Waals surface area contributed by atoms with Gasteiger partial charge in [0.25, 0.3) is 0 Å². The first-order valence-electron chi connectivity index (χ1n) is 7.59. The summed E-state index contributed by atoms with van der Waals surface area (Å²) >= 11 is 1.33. The van der Waals surface area contributed by atoms with E-state index < -0.39 is 0 Å². The van der Waals surface area contributed by atoms with E-state index in [0.29, 0.717) is 6.54 Å². The van der Waals surface area contributed by atoms with Gasteiger partial charge in [0.2, 0.25) is 5.12 Å². The van der Waals surface area contributed by atoms with Crippen LogP contribution in [-0.2, 0) is 11.2 Å². The van der Waals surface area contributed by atoms with E-state index in [1.807, 2.05) is 18.2 Å². The number of likely N-dealkylation sites (tertiary alicyclic amines) is 1. The molecule has 1 aliphatic heterocycles. The van der Waals surface area contributed by atoms with Crippen molar-refractivity contribution in [3.05, 3.63) is 35.9 Å². The molecular formula is C16H23N3O2S. The van der Waals surface area contributed by atoms with Gasteiger partial charge >= 0.3 is 6.03 Å². The van der Waals surface area contributed by atoms with Crippen molar-refractivity contribution in [2.75, 3.05) is 19.3 Å². The maximum atomic E-state index is 12.3. The molecule has 0 aliphatic carbocycles. The van der Waals surface area contributed by atoms with Gasteiger partial charge in [-0.3, -0.25) is 9.80 Å². The lowest BCUT2D eigenvalue weighted by atomic mass is 10.1. The summed E-state index contributed by atoms with van der Waals surface area (Å²) < 4.78 is 0. The van der Waals surface area contributed by atoms with Crippen LogP contribution in [0.5, 0.6) is 0 Å². The van der Waals surface area contributed by atoms with E-state index in [4.69, 9.17) is 5.84 Å². The molecule has 0 aromatic heterocycles. The van der Waals surface area contributed by atoms with Gasteiger partial charge in [0.1, 0.15) is 6.04 Å². The summed E-state index contributed by atoms with van der Waals surface area (Å²) in [6.07, 6.45) is 3.53. The zero-order chi connectivity index (χ0) is 15.9. The molecule has 2 amide bonds. The molecule has 0 radical (unpaired) electrons. The highest BCUT2D eigenvalue weighted by Crippen LogP contribution is 2.24. The summed E-state index contributed by atoms with van der Waals surface area (Å²) in [5, 5.41) is 1.13. The highest BCUT2D eigenvalue weighted by Gasteiger charge is 2.34. The smallest absolute Gasteiger partial charge is 0.313 e. The van der Waals surface area contributed by atoms with Crippen molar-refractivity contribution in [2.45, 2.75) is 31.7 Å². The number of hydrazine groups is 1. The van der Waals surface area contributed by atoms with Crippen LogP contribution in [0.3, 0.4) is 0 Å². The van der Waals surface area contributed by atoms with Gasteiger partial charge in [-0.05, 0) is 31.2 Å². The van der Waals surface area contributed by atoms with Gasteiger partial charge in [0.05, 0.1) is 0 Å². The molecule has 2 N–H and O–H groups in total. The van der Waals surface area contributed by atoms with E-state index >= 15 is 0 Å². The minimum Gasteiger partial charge on any atom is -0.313 e. The summed E-state index contributed by atoms with van der Waals surface area (Å²) in [5.74, 6) is 6.27. The Balaban J connectivity index is 1.76. The molecule has 6 heteroatoms. The Bertz CT molecular complexity index is 507. The van der Waals surface area contributed by atoms with Gasteiger partial charge in [-0.1, -0.05) is 42.1 Å². The molecule has 1 fully saturated rings. The van der Waals surface area contributed by atoms with Crippen LogP contribution in [0.2, 0.25) is 0 Å². The first-order chi connectivity index (χ1) is 10.6. The Kier molecular flexibility index (Phi) is 6.27. The van der Waals surface area contributed by atoms with Crippen LogP contribution in [0.4, 0.5) is 4.79 Å². The number of hydrogen-bond acceptors (Lipinski definition) is 4. The number of rotatable bonds is 5. The lowest BCUT2D eigenvalue weighted by Gasteiger charge is -2.26. The third-order valence-electron chi connectivity index (χ3n) is 3.77. The van der Waals surface area contributed by atoms with Crippen LogP contribution in [0.25, 0.3) is 0 Å². The third kappa shape index (κ3) is 4.48. The molecule has 22 heavy (non-hydrogen) atoms. The summed E-state index contributed by atoms with van der Waals surface area (Å²) in [6.45, 7) is 0.612. The molecule has 1 aliphatic rings. The normalized spacial score (nSPS) is 17.5. The molecule has 0 bridgehead atoms. The molecule has 1 heterocycles. The Morgan fingerprint density at radius 2 is 2.09 bits per heavy atom. The van der Waals surface area contributed by atoms with Crippen molar-refractivity contribution in [2.24, 2.45) is 5.84 Å². The molecule has 1 aromatic carbocycles. The van der Waals surface area contributed by atoms with Crippen molar-refractivity contribution in [1.82, 2.24) is 9.91 Å². The summed E-state index contributed by atoms with van der Waals surface area (Å²) in [7, 11) is 1.51. The number of hydrogen-bond donors (Lipinski definition) is 1. The molecule has 1 saturated heterocycles. The first kappa shape index (κ1) is 16.8. The number of carbonyl (C=O) groups excluding carboxylic acids is 2. The quantitative estimate of drug-likeness (QED) is 0.391. The third-order valence-corrected chi connectivity index (χ3v) is 4.82. The Morgan fingerprint density at radius 3 is 2.77 bits per heavy atom. The lowest BCUT2D eigenvalue weighted by molar-refractivity contribution is -0.114. The highest BCUT2D eigenvalue weighted by molar-refractivity contribution is 8.13. The topological polar surface area (TPSA) is 66.6 Å². The number of amides is 2. The lowest BCUT2D eigenvalue weighted by Crippen LogP contribution is -2.48. The molecule has 0 saturated carbocycles. The summed E-state index contributed by atoms with van der Waals surface area (Å²) in [6, 6.07) is 9.66. The minimum absolute atomic E-state index is 0.0840. The van der Waals surface area contributed by atoms with Gasteiger partial charge in [-0.25, -0.2) is 10.6 Å². The summed E-state index contributed by atoms with van der Waals surface area (Å²) in [4.78, 5) is 25.8. The molecule has 5 nitrogen and oxygen atoms in total. The van der Waals surface area contributed by atoms with Gasteiger partial charge in [0.15, 0.2) is 0 Å². The zero-order valence-corrected chi connectivity index (χ0v) is 13.7. The predicted octanol–water partition coefficient (Wildman–Crippen LogP) is 2.27. The fourth-order valence-corrected chi connectivity index (χ4v) is 3.56. The molecule has 0 spiro atoms. The number of urea groups is 1. The van der Waals surface area contributed by atoms with E-state index in [1.165, 1.54) is 24.4 Å². The van der Waals surface area contributed by atoms with Crippen LogP contribution in [0, 0.1) is 0 Å². The maximum absolute atomic E-state index is 12.3. The van der Waals surface area contributed by atoms with Crippen molar-refractivity contribution < 1.29 is 9.59 Å². The molecule has 120 valence electrons. The van der Waals surface area contributed by atoms with Gasteiger partial charge in [0, 0.05) is 19.3 Å². The predicted molar refractivity (Wildman–Crippen MR) is 89.3 cm³/mol. The molecule has 1 atom stereocenters. The second-order valence-electron chi connectivity index (χ2n) is 5.50. The average Bonchev–Trinajstić information content (AvgIpc) is 3.01. The van der Waals surface area contributed by atoms with E-state index in [0.717, 1.165) is 36.4 Å². The molecule has 1 unspecified atom stereocenters. The SMILES string of the molecule is CN(N)C(=O)N1CCCC1C(=O)SCCCc1ccccc1. The number of carbonyl (C=O) groups is 2. The number of benzene rings is 1. The monoisotopic (exact) mass is 321 g/mol. The van der Waals surface area contributed by atoms with Gasteiger partial charge < -0.3 is 4.90 Å². The van der Waals surface area contributed by atoms with Gasteiger partial charge in [-0.2, -0.15) is 0 Å². The molecule has 2 rings (SSSR count). The molecular weight excluding hydrogens is 298 g/mol. The van der Waals surface area contributed by atoms with Crippen LogP contribution in [-0.4, -0.2) is 46.4 Å². The van der Waals surface area contributed by atoms with Crippen molar-refractivity contribution in [3.63, 3.8) is 0 Å². The second-order valence-corrected chi connectivity index (χ2v) is 6.60. The van der Waals surface area contributed by atoms with Crippen LogP contribution < -0.4 is 5.84 Å². The van der Waals surface area contributed by atoms with E-state index in [9.17, 15) is 9.59 Å². The Labute approximate surface area is 135 Å². The number of nitrogens with zero attached hydrogens (tertiary/aromatic N) is 2. The molecule has 1 aromatic rings.